The maximum atomic E-state index is 13.4. The van der Waals surface area contributed by atoms with Gasteiger partial charge in [0, 0.05) is 58.7 Å². The summed E-state index contributed by atoms with van der Waals surface area (Å²) in [5.74, 6) is 0.367. The fourth-order valence-electron chi connectivity index (χ4n) is 5.03. The topological polar surface area (TPSA) is 43.9 Å². The Kier molecular flexibility index (Phi) is 7.26. The lowest BCUT2D eigenvalue weighted by molar-refractivity contribution is -0.142. The zero-order valence-electron chi connectivity index (χ0n) is 19.4. The fraction of sp³-hybridized carbons (Fsp3) is 0.481. The van der Waals surface area contributed by atoms with E-state index in [2.05, 4.69) is 60.4 Å². The number of rotatable bonds is 5. The third kappa shape index (κ3) is 5.39. The van der Waals surface area contributed by atoms with Gasteiger partial charge in [0.05, 0.1) is 5.92 Å². The zero-order chi connectivity index (χ0) is 22.5. The highest BCUT2D eigenvalue weighted by Gasteiger charge is 2.36. The molecule has 2 amide bonds. The summed E-state index contributed by atoms with van der Waals surface area (Å²) in [6.07, 6.45) is 1.83. The van der Waals surface area contributed by atoms with Crippen molar-refractivity contribution in [3.05, 3.63) is 71.3 Å². The second-order valence-corrected chi connectivity index (χ2v) is 9.24. The van der Waals surface area contributed by atoms with E-state index in [1.165, 1.54) is 16.7 Å². The molecule has 2 aromatic carbocycles. The standard InChI is InChI=1S/C27H35N3O2/c1-3-22-9-11-24(12-10-22)25-17-26(20-30(19-25)21(2)31)27(32)29-15-13-28(14-16-29)18-23-7-5-4-6-8-23/h4-12,25-26H,3,13-20H2,1-2H3. The molecule has 2 unspecified atom stereocenters. The van der Waals surface area contributed by atoms with Gasteiger partial charge in [-0.25, -0.2) is 0 Å². The molecule has 2 aromatic rings. The van der Waals surface area contributed by atoms with Crippen molar-refractivity contribution in [2.24, 2.45) is 5.92 Å². The normalized spacial score (nSPS) is 22.1. The summed E-state index contributed by atoms with van der Waals surface area (Å²) in [4.78, 5) is 32.0. The predicted molar refractivity (Wildman–Crippen MR) is 127 cm³/mol. The fourth-order valence-corrected chi connectivity index (χ4v) is 5.03. The first-order valence-electron chi connectivity index (χ1n) is 11.9. The van der Waals surface area contributed by atoms with Crippen molar-refractivity contribution in [2.45, 2.75) is 39.2 Å². The minimum absolute atomic E-state index is 0.0605. The van der Waals surface area contributed by atoms with Crippen LogP contribution in [0.1, 0.15) is 42.9 Å². The minimum Gasteiger partial charge on any atom is -0.342 e. The number of hydrogen-bond donors (Lipinski definition) is 0. The quantitative estimate of drug-likeness (QED) is 0.724. The Morgan fingerprint density at radius 1 is 0.844 bits per heavy atom. The molecule has 2 fully saturated rings. The van der Waals surface area contributed by atoms with E-state index in [-0.39, 0.29) is 23.7 Å². The summed E-state index contributed by atoms with van der Waals surface area (Å²) in [6.45, 7) is 9.26. The summed E-state index contributed by atoms with van der Waals surface area (Å²) in [7, 11) is 0. The van der Waals surface area contributed by atoms with Crippen LogP contribution in [0, 0.1) is 5.92 Å². The van der Waals surface area contributed by atoms with E-state index < -0.39 is 0 Å². The van der Waals surface area contributed by atoms with E-state index in [9.17, 15) is 9.59 Å². The van der Waals surface area contributed by atoms with Crippen molar-refractivity contribution in [2.75, 3.05) is 39.3 Å². The van der Waals surface area contributed by atoms with Gasteiger partial charge < -0.3 is 9.80 Å². The van der Waals surface area contributed by atoms with Crippen molar-refractivity contribution in [3.63, 3.8) is 0 Å². The van der Waals surface area contributed by atoms with E-state index in [1.807, 2.05) is 15.9 Å². The molecule has 0 bridgehead atoms. The van der Waals surface area contributed by atoms with Gasteiger partial charge in [-0.3, -0.25) is 14.5 Å². The Labute approximate surface area is 192 Å². The molecular weight excluding hydrogens is 398 g/mol. The van der Waals surface area contributed by atoms with Crippen LogP contribution < -0.4 is 0 Å². The van der Waals surface area contributed by atoms with E-state index in [1.54, 1.807) is 6.92 Å². The summed E-state index contributed by atoms with van der Waals surface area (Å²) in [6, 6.07) is 19.2. The Bertz CT molecular complexity index is 904. The molecule has 0 aliphatic carbocycles. The van der Waals surface area contributed by atoms with Crippen LogP contribution in [-0.2, 0) is 22.6 Å². The molecule has 0 saturated carbocycles. The Balaban J connectivity index is 1.38. The minimum atomic E-state index is -0.121. The molecule has 5 heteroatoms. The van der Waals surface area contributed by atoms with Gasteiger partial charge in [-0.2, -0.15) is 0 Å². The van der Waals surface area contributed by atoms with E-state index in [0.717, 1.165) is 45.6 Å². The van der Waals surface area contributed by atoms with Gasteiger partial charge in [-0.05, 0) is 29.5 Å². The molecule has 0 spiro atoms. The SMILES string of the molecule is CCc1ccc(C2CC(C(=O)N3CCN(Cc4ccccc4)CC3)CN(C(C)=O)C2)cc1. The Morgan fingerprint density at radius 3 is 2.16 bits per heavy atom. The smallest absolute Gasteiger partial charge is 0.227 e. The van der Waals surface area contributed by atoms with Crippen LogP contribution in [0.3, 0.4) is 0 Å². The lowest BCUT2D eigenvalue weighted by Crippen LogP contribution is -2.53. The number of aryl methyl sites for hydroxylation is 1. The van der Waals surface area contributed by atoms with Crippen LogP contribution in [0.5, 0.6) is 0 Å². The highest BCUT2D eigenvalue weighted by Crippen LogP contribution is 2.32. The molecule has 170 valence electrons. The maximum Gasteiger partial charge on any atom is 0.227 e. The number of hydrogen-bond acceptors (Lipinski definition) is 3. The first-order chi connectivity index (χ1) is 15.5. The molecule has 32 heavy (non-hydrogen) atoms. The van der Waals surface area contributed by atoms with Gasteiger partial charge in [-0.15, -0.1) is 0 Å². The van der Waals surface area contributed by atoms with E-state index in [0.29, 0.717) is 13.1 Å². The van der Waals surface area contributed by atoms with E-state index >= 15 is 0 Å². The largest absolute Gasteiger partial charge is 0.342 e. The summed E-state index contributed by atoms with van der Waals surface area (Å²) in [5.41, 5.74) is 3.86. The summed E-state index contributed by atoms with van der Waals surface area (Å²) in [5, 5.41) is 0. The van der Waals surface area contributed by atoms with Crippen LogP contribution >= 0.6 is 0 Å². The third-order valence-corrected chi connectivity index (χ3v) is 7.04. The highest BCUT2D eigenvalue weighted by atomic mass is 16.2. The van der Waals surface area contributed by atoms with Gasteiger partial charge in [0.2, 0.25) is 11.8 Å². The number of carbonyl (C=O) groups excluding carboxylic acids is 2. The molecule has 2 saturated heterocycles. The number of piperazine rings is 1. The first kappa shape index (κ1) is 22.5. The van der Waals surface area contributed by atoms with Crippen LogP contribution in [0.4, 0.5) is 0 Å². The Hall–Kier alpha value is -2.66. The average molecular weight is 434 g/mol. The summed E-state index contributed by atoms with van der Waals surface area (Å²) >= 11 is 0. The maximum absolute atomic E-state index is 13.4. The lowest BCUT2D eigenvalue weighted by Gasteiger charge is -2.41. The molecule has 2 aliphatic heterocycles. The zero-order valence-corrected chi connectivity index (χ0v) is 19.4. The molecule has 0 aromatic heterocycles. The van der Waals surface area contributed by atoms with Gasteiger partial charge in [0.1, 0.15) is 0 Å². The van der Waals surface area contributed by atoms with Crippen molar-refractivity contribution >= 4 is 11.8 Å². The molecule has 0 radical (unpaired) electrons. The molecule has 2 atom stereocenters. The van der Waals surface area contributed by atoms with Crippen molar-refractivity contribution in [1.29, 1.82) is 0 Å². The molecule has 0 N–H and O–H groups in total. The predicted octanol–water partition coefficient (Wildman–Crippen LogP) is 3.55. The highest BCUT2D eigenvalue weighted by molar-refractivity contribution is 5.81. The van der Waals surface area contributed by atoms with Crippen LogP contribution in [0.25, 0.3) is 0 Å². The molecule has 2 aliphatic rings. The first-order valence-corrected chi connectivity index (χ1v) is 11.9. The second-order valence-electron chi connectivity index (χ2n) is 9.24. The monoisotopic (exact) mass is 433 g/mol. The number of amides is 2. The number of piperidine rings is 1. The number of benzene rings is 2. The van der Waals surface area contributed by atoms with Gasteiger partial charge in [0.15, 0.2) is 0 Å². The van der Waals surface area contributed by atoms with Crippen molar-refractivity contribution < 1.29 is 9.59 Å². The number of likely N-dealkylation sites (tertiary alicyclic amines) is 1. The number of nitrogens with zero attached hydrogens (tertiary/aromatic N) is 3. The van der Waals surface area contributed by atoms with Crippen molar-refractivity contribution in [3.8, 4) is 0 Å². The number of carbonyl (C=O) groups is 2. The van der Waals surface area contributed by atoms with Crippen LogP contribution in [-0.4, -0.2) is 65.8 Å². The van der Waals surface area contributed by atoms with Gasteiger partial charge >= 0.3 is 0 Å². The lowest BCUT2D eigenvalue weighted by atomic mass is 9.83. The third-order valence-electron chi connectivity index (χ3n) is 7.04. The van der Waals surface area contributed by atoms with Crippen molar-refractivity contribution in [1.82, 2.24) is 14.7 Å². The van der Waals surface area contributed by atoms with Crippen LogP contribution in [0.2, 0.25) is 0 Å². The van der Waals surface area contributed by atoms with Gasteiger partial charge in [0.25, 0.3) is 0 Å². The van der Waals surface area contributed by atoms with Gasteiger partial charge in [-0.1, -0.05) is 61.5 Å². The molecule has 5 nitrogen and oxygen atoms in total. The molecule has 2 heterocycles. The average Bonchev–Trinajstić information content (AvgIpc) is 2.84. The van der Waals surface area contributed by atoms with E-state index in [4.69, 9.17) is 0 Å². The second kappa shape index (κ2) is 10.3. The molecule has 4 rings (SSSR count). The summed E-state index contributed by atoms with van der Waals surface area (Å²) < 4.78 is 0. The molecular formula is C27H35N3O2. The van der Waals surface area contributed by atoms with Crippen LogP contribution in [0.15, 0.2) is 54.6 Å². The Morgan fingerprint density at radius 2 is 1.53 bits per heavy atom.